The Morgan fingerprint density at radius 2 is 2.25 bits per heavy atom. The predicted molar refractivity (Wildman–Crippen MR) is 71.9 cm³/mol. The zero-order valence-electron chi connectivity index (χ0n) is 8.96. The van der Waals surface area contributed by atoms with Gasteiger partial charge in [-0.25, -0.2) is 13.1 Å². The molecule has 0 bridgehead atoms. The maximum Gasteiger partial charge on any atom is 0.250 e. The minimum atomic E-state index is -3.38. The molecule has 1 rings (SSSR count). The third kappa shape index (κ3) is 4.00. The smallest absolute Gasteiger partial charge is 0.210 e. The number of alkyl halides is 1. The van der Waals surface area contributed by atoms with E-state index in [1.165, 1.54) is 11.3 Å². The van der Waals surface area contributed by atoms with Crippen LogP contribution in [0, 0.1) is 6.92 Å². The molecule has 0 saturated heterocycles. The van der Waals surface area contributed by atoms with E-state index in [9.17, 15) is 8.42 Å². The van der Waals surface area contributed by atoms with Gasteiger partial charge in [0.05, 0.1) is 3.79 Å². The van der Waals surface area contributed by atoms with E-state index in [2.05, 4.69) is 20.7 Å². The van der Waals surface area contributed by atoms with Gasteiger partial charge in [-0.15, -0.1) is 22.9 Å². The molecule has 16 heavy (non-hydrogen) atoms. The highest BCUT2D eigenvalue weighted by Gasteiger charge is 2.17. The molecule has 3 nitrogen and oxygen atoms in total. The van der Waals surface area contributed by atoms with Crippen molar-refractivity contribution in [3.63, 3.8) is 0 Å². The summed E-state index contributed by atoms with van der Waals surface area (Å²) in [6.07, 6.45) is 0.617. The largest absolute Gasteiger partial charge is 0.250 e. The van der Waals surface area contributed by atoms with Crippen LogP contribution in [0.5, 0.6) is 0 Å². The summed E-state index contributed by atoms with van der Waals surface area (Å²) in [5, 5.41) is -0.0282. The highest BCUT2D eigenvalue weighted by Crippen LogP contribution is 2.30. The second-order valence-corrected chi connectivity index (χ2v) is 8.60. The molecule has 1 N–H and O–H groups in total. The van der Waals surface area contributed by atoms with Gasteiger partial charge in [-0.3, -0.25) is 0 Å². The summed E-state index contributed by atoms with van der Waals surface area (Å²) in [4.78, 5) is 0. The SMILES string of the molecule is Cc1cc(S(=O)(=O)NCCC(C)Cl)sc1Br. The average Bonchev–Trinajstić information content (AvgIpc) is 2.46. The summed E-state index contributed by atoms with van der Waals surface area (Å²) in [7, 11) is -3.38. The first-order valence-electron chi connectivity index (χ1n) is 4.72. The minimum Gasteiger partial charge on any atom is -0.210 e. The van der Waals surface area contributed by atoms with Gasteiger partial charge in [0.25, 0.3) is 0 Å². The molecule has 0 saturated carbocycles. The second kappa shape index (κ2) is 5.82. The summed E-state index contributed by atoms with van der Waals surface area (Å²) < 4.78 is 27.3. The molecule has 0 radical (unpaired) electrons. The van der Waals surface area contributed by atoms with Crippen LogP contribution in [-0.4, -0.2) is 20.3 Å². The van der Waals surface area contributed by atoms with Gasteiger partial charge in [0, 0.05) is 11.9 Å². The molecular weight excluding hydrogens is 334 g/mol. The molecule has 1 heterocycles. The van der Waals surface area contributed by atoms with E-state index < -0.39 is 10.0 Å². The van der Waals surface area contributed by atoms with Gasteiger partial charge < -0.3 is 0 Å². The summed E-state index contributed by atoms with van der Waals surface area (Å²) >= 11 is 10.3. The molecule has 0 aliphatic heterocycles. The van der Waals surface area contributed by atoms with Crippen molar-refractivity contribution < 1.29 is 8.42 Å². The molecule has 7 heteroatoms. The Bertz CT molecular complexity index is 437. The Balaban J connectivity index is 2.71. The van der Waals surface area contributed by atoms with E-state index in [0.29, 0.717) is 17.2 Å². The fraction of sp³-hybridized carbons (Fsp3) is 0.556. The van der Waals surface area contributed by atoms with Gasteiger partial charge >= 0.3 is 0 Å². The van der Waals surface area contributed by atoms with E-state index in [4.69, 9.17) is 11.6 Å². The van der Waals surface area contributed by atoms with Crippen molar-refractivity contribution in [3.05, 3.63) is 15.4 Å². The second-order valence-electron chi connectivity index (χ2n) is 3.49. The van der Waals surface area contributed by atoms with Gasteiger partial charge in [0.2, 0.25) is 10.0 Å². The van der Waals surface area contributed by atoms with Crippen LogP contribution in [0.15, 0.2) is 14.1 Å². The Morgan fingerprint density at radius 3 is 2.69 bits per heavy atom. The average molecular weight is 347 g/mol. The molecule has 1 atom stereocenters. The number of hydrogen-bond donors (Lipinski definition) is 1. The Morgan fingerprint density at radius 1 is 1.62 bits per heavy atom. The summed E-state index contributed by atoms with van der Waals surface area (Å²) in [6, 6.07) is 1.65. The lowest BCUT2D eigenvalue weighted by Gasteiger charge is -2.05. The van der Waals surface area contributed by atoms with E-state index in [1.807, 2.05) is 13.8 Å². The van der Waals surface area contributed by atoms with E-state index in [0.717, 1.165) is 9.35 Å². The lowest BCUT2D eigenvalue weighted by molar-refractivity contribution is 0.581. The van der Waals surface area contributed by atoms with E-state index in [-0.39, 0.29) is 5.38 Å². The highest BCUT2D eigenvalue weighted by atomic mass is 79.9. The third-order valence-corrected chi connectivity index (χ3v) is 6.22. The van der Waals surface area contributed by atoms with Crippen LogP contribution < -0.4 is 4.72 Å². The van der Waals surface area contributed by atoms with Crippen LogP contribution >= 0.6 is 38.9 Å². The molecule has 0 amide bonds. The fourth-order valence-electron chi connectivity index (χ4n) is 1.03. The van der Waals surface area contributed by atoms with Gasteiger partial charge in [-0.1, -0.05) is 0 Å². The summed E-state index contributed by atoms with van der Waals surface area (Å²) in [5.41, 5.74) is 0.927. The number of rotatable bonds is 5. The number of sulfonamides is 1. The summed E-state index contributed by atoms with van der Waals surface area (Å²) in [6.45, 7) is 4.06. The topological polar surface area (TPSA) is 46.2 Å². The zero-order valence-corrected chi connectivity index (χ0v) is 12.9. The molecule has 0 aliphatic rings. The molecule has 0 aliphatic carbocycles. The number of thiophene rings is 1. The van der Waals surface area contributed by atoms with Gasteiger partial charge in [0.1, 0.15) is 4.21 Å². The van der Waals surface area contributed by atoms with E-state index >= 15 is 0 Å². The van der Waals surface area contributed by atoms with Gasteiger partial charge in [-0.05, 0) is 47.8 Å². The molecule has 0 aromatic carbocycles. The van der Waals surface area contributed by atoms with Crippen LogP contribution in [0.25, 0.3) is 0 Å². The Hall–Kier alpha value is 0.380. The first kappa shape index (κ1) is 14.4. The molecule has 0 fully saturated rings. The molecule has 1 aromatic heterocycles. The van der Waals surface area contributed by atoms with Crippen molar-refractivity contribution >= 4 is 48.9 Å². The van der Waals surface area contributed by atoms with Gasteiger partial charge in [0.15, 0.2) is 0 Å². The van der Waals surface area contributed by atoms with Crippen molar-refractivity contribution in [1.82, 2.24) is 4.72 Å². The predicted octanol–water partition coefficient (Wildman–Crippen LogP) is 3.11. The number of hydrogen-bond acceptors (Lipinski definition) is 3. The molecule has 92 valence electrons. The molecular formula is C9H13BrClNO2S2. The maximum atomic E-state index is 11.8. The highest BCUT2D eigenvalue weighted by molar-refractivity contribution is 9.11. The number of aryl methyl sites for hydroxylation is 1. The molecule has 0 spiro atoms. The maximum absolute atomic E-state index is 11.8. The number of nitrogens with one attached hydrogen (secondary N) is 1. The fourth-order valence-corrected chi connectivity index (χ4v) is 4.45. The quantitative estimate of drug-likeness (QED) is 0.833. The molecule has 1 unspecified atom stereocenters. The molecule has 1 aromatic rings. The van der Waals surface area contributed by atoms with Crippen LogP contribution in [0.1, 0.15) is 18.9 Å². The minimum absolute atomic E-state index is 0.0282. The van der Waals surface area contributed by atoms with Crippen LogP contribution in [-0.2, 0) is 10.0 Å². The first-order chi connectivity index (χ1) is 7.33. The van der Waals surface area contributed by atoms with Crippen LogP contribution in [0.2, 0.25) is 0 Å². The first-order valence-corrected chi connectivity index (χ1v) is 8.25. The lowest BCUT2D eigenvalue weighted by atomic mass is 10.3. The zero-order chi connectivity index (χ0) is 12.3. The number of halogens is 2. The van der Waals surface area contributed by atoms with Crippen molar-refractivity contribution in [2.75, 3.05) is 6.54 Å². The third-order valence-electron chi connectivity index (χ3n) is 1.93. The van der Waals surface area contributed by atoms with Crippen LogP contribution in [0.4, 0.5) is 0 Å². The van der Waals surface area contributed by atoms with Crippen molar-refractivity contribution in [1.29, 1.82) is 0 Å². The monoisotopic (exact) mass is 345 g/mol. The standard InChI is InChI=1S/C9H13BrClNO2S2/c1-6-5-8(15-9(6)10)16(13,14)12-4-3-7(2)11/h5,7,12H,3-4H2,1-2H3. The lowest BCUT2D eigenvalue weighted by Crippen LogP contribution is -2.25. The van der Waals surface area contributed by atoms with Crippen molar-refractivity contribution in [3.8, 4) is 0 Å². The van der Waals surface area contributed by atoms with Crippen molar-refractivity contribution in [2.45, 2.75) is 29.9 Å². The van der Waals surface area contributed by atoms with Gasteiger partial charge in [-0.2, -0.15) is 0 Å². The Kier molecular flexibility index (Phi) is 5.25. The van der Waals surface area contributed by atoms with Crippen molar-refractivity contribution in [2.24, 2.45) is 0 Å². The summed E-state index contributed by atoms with van der Waals surface area (Å²) in [5.74, 6) is 0. The Labute approximate surface area is 113 Å². The van der Waals surface area contributed by atoms with E-state index in [1.54, 1.807) is 6.07 Å². The van der Waals surface area contributed by atoms with Crippen LogP contribution in [0.3, 0.4) is 0 Å². The normalized spacial score (nSPS) is 14.0.